The summed E-state index contributed by atoms with van der Waals surface area (Å²) >= 11 is 0. The van der Waals surface area contributed by atoms with Gasteiger partial charge in [-0.1, -0.05) is 24.3 Å². The second-order valence-corrected chi connectivity index (χ2v) is 9.18. The molecule has 3 aromatic rings. The minimum absolute atomic E-state index is 0.0605. The van der Waals surface area contributed by atoms with E-state index in [4.69, 9.17) is 4.74 Å². The van der Waals surface area contributed by atoms with Crippen molar-refractivity contribution in [1.82, 2.24) is 20.6 Å². The van der Waals surface area contributed by atoms with Crippen molar-refractivity contribution in [3.8, 4) is 11.5 Å². The number of aromatic nitrogens is 2. The lowest BCUT2D eigenvalue weighted by atomic mass is 9.81. The van der Waals surface area contributed by atoms with Gasteiger partial charge in [0.15, 0.2) is 0 Å². The van der Waals surface area contributed by atoms with Crippen LogP contribution < -0.4 is 15.4 Å². The minimum Gasteiger partial charge on any atom is -0.457 e. The van der Waals surface area contributed by atoms with Crippen LogP contribution in [-0.4, -0.2) is 34.0 Å². The van der Waals surface area contributed by atoms with Crippen LogP contribution in [0.15, 0.2) is 55.0 Å². The number of benzene rings is 2. The number of nitrogens with zero attached hydrogens (tertiary/aromatic N) is 2. The molecule has 0 saturated carbocycles. The minimum atomic E-state index is -4.71. The molecule has 0 aliphatic carbocycles. The fourth-order valence-corrected chi connectivity index (χ4v) is 4.80. The SMILES string of the molecule is Cc1ccc2c(c1)Oc1cc(C)ccc1C2NC(=O)C1CC(c2cnccn2)C(C(F)(F)F)NC1=O. The number of nitrogens with one attached hydrogen (secondary N) is 2. The Kier molecular flexibility index (Phi) is 5.89. The van der Waals surface area contributed by atoms with Crippen molar-refractivity contribution in [1.29, 1.82) is 0 Å². The number of hydrogen-bond donors (Lipinski definition) is 2. The molecule has 2 aliphatic rings. The van der Waals surface area contributed by atoms with E-state index >= 15 is 0 Å². The van der Waals surface area contributed by atoms with Crippen LogP contribution in [0.25, 0.3) is 0 Å². The number of piperidine rings is 1. The zero-order valence-corrected chi connectivity index (χ0v) is 19.5. The molecule has 7 nitrogen and oxygen atoms in total. The van der Waals surface area contributed by atoms with Crippen molar-refractivity contribution in [2.24, 2.45) is 5.92 Å². The van der Waals surface area contributed by atoms with Gasteiger partial charge in [-0.3, -0.25) is 19.6 Å². The molecule has 1 aromatic heterocycles. The van der Waals surface area contributed by atoms with Gasteiger partial charge in [-0.15, -0.1) is 0 Å². The molecule has 2 N–H and O–H groups in total. The van der Waals surface area contributed by atoms with Crippen LogP contribution in [0.5, 0.6) is 11.5 Å². The van der Waals surface area contributed by atoms with Crippen LogP contribution in [0, 0.1) is 19.8 Å². The van der Waals surface area contributed by atoms with E-state index in [0.717, 1.165) is 11.1 Å². The molecule has 5 rings (SSSR count). The van der Waals surface area contributed by atoms with E-state index in [2.05, 4.69) is 15.3 Å². The molecule has 2 aromatic carbocycles. The molecule has 3 unspecified atom stereocenters. The summed E-state index contributed by atoms with van der Waals surface area (Å²) in [5.41, 5.74) is 3.38. The molecule has 36 heavy (non-hydrogen) atoms. The summed E-state index contributed by atoms with van der Waals surface area (Å²) in [6, 6.07) is 8.33. The Morgan fingerprint density at radius 3 is 2.25 bits per heavy atom. The van der Waals surface area contributed by atoms with Crippen molar-refractivity contribution < 1.29 is 27.5 Å². The Morgan fingerprint density at radius 2 is 1.69 bits per heavy atom. The third-order valence-corrected chi connectivity index (χ3v) is 6.61. The highest BCUT2D eigenvalue weighted by atomic mass is 19.4. The van der Waals surface area contributed by atoms with Gasteiger partial charge in [0.2, 0.25) is 11.8 Å². The van der Waals surface area contributed by atoms with Crippen molar-refractivity contribution in [3.05, 3.63) is 82.9 Å². The molecular weight excluding hydrogens is 473 g/mol. The molecule has 0 bridgehead atoms. The van der Waals surface area contributed by atoms with Crippen LogP contribution in [0.3, 0.4) is 0 Å². The van der Waals surface area contributed by atoms with Gasteiger partial charge >= 0.3 is 6.18 Å². The number of amides is 2. The first-order chi connectivity index (χ1) is 17.1. The van der Waals surface area contributed by atoms with Gasteiger partial charge < -0.3 is 15.4 Å². The molecule has 3 atom stereocenters. The molecule has 186 valence electrons. The molecule has 1 saturated heterocycles. The summed E-state index contributed by atoms with van der Waals surface area (Å²) in [6.45, 7) is 3.83. The molecule has 10 heteroatoms. The second kappa shape index (κ2) is 8.92. The highest BCUT2D eigenvalue weighted by Crippen LogP contribution is 2.44. The van der Waals surface area contributed by atoms with Crippen molar-refractivity contribution in [2.75, 3.05) is 0 Å². The largest absolute Gasteiger partial charge is 0.457 e. The predicted molar refractivity (Wildman–Crippen MR) is 123 cm³/mol. The van der Waals surface area contributed by atoms with Crippen LogP contribution in [0.2, 0.25) is 0 Å². The Balaban J connectivity index is 1.47. The lowest BCUT2D eigenvalue weighted by molar-refractivity contribution is -0.175. The lowest BCUT2D eigenvalue weighted by Gasteiger charge is -2.37. The number of fused-ring (bicyclic) bond motifs is 2. The zero-order chi connectivity index (χ0) is 25.6. The first-order valence-electron chi connectivity index (χ1n) is 11.4. The van der Waals surface area contributed by atoms with E-state index in [9.17, 15) is 22.8 Å². The number of carbonyl (C=O) groups excluding carboxylic acids is 2. The third-order valence-electron chi connectivity index (χ3n) is 6.61. The maximum atomic E-state index is 13.8. The average Bonchev–Trinajstić information content (AvgIpc) is 2.83. The average molecular weight is 496 g/mol. The van der Waals surface area contributed by atoms with Crippen LogP contribution in [-0.2, 0) is 9.59 Å². The quantitative estimate of drug-likeness (QED) is 0.529. The van der Waals surface area contributed by atoms with Gasteiger partial charge in [0.25, 0.3) is 0 Å². The molecule has 1 fully saturated rings. The molecular formula is C26H23F3N4O3. The summed E-state index contributed by atoms with van der Waals surface area (Å²) in [7, 11) is 0. The number of rotatable bonds is 3. The topological polar surface area (TPSA) is 93.2 Å². The van der Waals surface area contributed by atoms with E-state index in [1.165, 1.54) is 18.6 Å². The Morgan fingerprint density at radius 1 is 1.06 bits per heavy atom. The van der Waals surface area contributed by atoms with E-state index in [0.29, 0.717) is 22.6 Å². The molecule has 2 amide bonds. The summed E-state index contributed by atoms with van der Waals surface area (Å²) in [6.07, 6.45) is -1.21. The number of hydrogen-bond acceptors (Lipinski definition) is 5. The van der Waals surface area contributed by atoms with E-state index in [1.54, 1.807) is 0 Å². The summed E-state index contributed by atoms with van der Waals surface area (Å²) in [4.78, 5) is 34.1. The summed E-state index contributed by atoms with van der Waals surface area (Å²) in [5, 5.41) is 4.91. The van der Waals surface area contributed by atoms with Gasteiger partial charge in [0, 0.05) is 35.6 Å². The summed E-state index contributed by atoms with van der Waals surface area (Å²) in [5.74, 6) is -3.11. The molecule has 3 heterocycles. The fraction of sp³-hybridized carbons (Fsp3) is 0.308. The second-order valence-electron chi connectivity index (χ2n) is 9.18. The standard InChI is InChI=1S/C26H23F3N4O3/c1-13-3-5-15-20(9-13)36-21-10-14(2)4-6-16(21)22(15)32-24(34)18-11-17(19-12-30-7-8-31-19)23(26(27,28)29)33-25(18)35/h3-10,12,17-18,22-23H,11H2,1-2H3,(H,32,34)(H,33,35). The highest BCUT2D eigenvalue weighted by Gasteiger charge is 2.52. The van der Waals surface area contributed by atoms with Crippen LogP contribution in [0.1, 0.15) is 46.3 Å². The fourth-order valence-electron chi connectivity index (χ4n) is 4.80. The Labute approximate surface area is 205 Å². The Hall–Kier alpha value is -3.95. The lowest BCUT2D eigenvalue weighted by Crippen LogP contribution is -2.58. The normalized spacial score (nSPS) is 21.6. The maximum Gasteiger partial charge on any atom is 0.409 e. The predicted octanol–water partition coefficient (Wildman–Crippen LogP) is 4.26. The highest BCUT2D eigenvalue weighted by molar-refractivity contribution is 6.01. The molecule has 0 spiro atoms. The number of aryl methyl sites for hydroxylation is 2. The Bertz CT molecular complexity index is 1280. The zero-order valence-electron chi connectivity index (χ0n) is 19.5. The van der Waals surface area contributed by atoms with Crippen molar-refractivity contribution in [3.63, 3.8) is 0 Å². The first-order valence-corrected chi connectivity index (χ1v) is 11.4. The number of carbonyl (C=O) groups is 2. The first kappa shape index (κ1) is 23.8. The van der Waals surface area contributed by atoms with Gasteiger partial charge in [0.05, 0.1) is 11.7 Å². The van der Waals surface area contributed by atoms with Crippen molar-refractivity contribution >= 4 is 11.8 Å². The van der Waals surface area contributed by atoms with Gasteiger partial charge in [-0.2, -0.15) is 13.2 Å². The number of ether oxygens (including phenoxy) is 1. The van der Waals surface area contributed by atoms with Crippen LogP contribution >= 0.6 is 0 Å². The van der Waals surface area contributed by atoms with Gasteiger partial charge in [0.1, 0.15) is 23.5 Å². The number of alkyl halides is 3. The molecule has 2 aliphatic heterocycles. The molecule has 0 radical (unpaired) electrons. The van der Waals surface area contributed by atoms with Crippen LogP contribution in [0.4, 0.5) is 13.2 Å². The van der Waals surface area contributed by atoms with E-state index in [-0.39, 0.29) is 12.1 Å². The number of halogens is 3. The van der Waals surface area contributed by atoms with Gasteiger partial charge in [-0.25, -0.2) is 0 Å². The monoisotopic (exact) mass is 496 g/mol. The van der Waals surface area contributed by atoms with E-state index in [1.807, 2.05) is 55.6 Å². The van der Waals surface area contributed by atoms with Gasteiger partial charge in [-0.05, 0) is 43.5 Å². The van der Waals surface area contributed by atoms with Crippen molar-refractivity contribution in [2.45, 2.75) is 44.4 Å². The maximum absolute atomic E-state index is 13.8. The summed E-state index contributed by atoms with van der Waals surface area (Å²) < 4.78 is 47.4. The third kappa shape index (κ3) is 4.38. The van der Waals surface area contributed by atoms with E-state index < -0.39 is 41.9 Å². The smallest absolute Gasteiger partial charge is 0.409 e.